The Labute approximate surface area is 492 Å². The van der Waals surface area contributed by atoms with Gasteiger partial charge in [0.25, 0.3) is 0 Å². The van der Waals surface area contributed by atoms with Gasteiger partial charge in [-0.1, -0.05) is 164 Å². The van der Waals surface area contributed by atoms with Crippen LogP contribution in [0.1, 0.15) is 58.2 Å². The number of nitrogens with two attached hydrogens (primary N) is 1. The number of aliphatic hydroxyl groups excluding tert-OH is 1. The van der Waals surface area contributed by atoms with Gasteiger partial charge in [-0.3, -0.25) is 0 Å². The Morgan fingerprint density at radius 3 is 1.13 bits per heavy atom. The van der Waals surface area contributed by atoms with Crippen LogP contribution >= 0.6 is 0 Å². The number of aliphatic hydroxyl groups is 1. The quantitative estimate of drug-likeness (QED) is 0.123. The van der Waals surface area contributed by atoms with Gasteiger partial charge in [-0.2, -0.15) is 5.26 Å². The first kappa shape index (κ1) is 57.1. The van der Waals surface area contributed by atoms with E-state index in [2.05, 4.69) is 172 Å². The lowest BCUT2D eigenvalue weighted by molar-refractivity contribution is 0.221. The van der Waals surface area contributed by atoms with E-state index < -0.39 is 5.54 Å². The number of ether oxygens (including phenoxy) is 2. The molecule has 3 N–H and O–H groups in total. The van der Waals surface area contributed by atoms with Gasteiger partial charge in [-0.15, -0.1) is 0 Å². The zero-order valence-corrected chi connectivity index (χ0v) is 48.1. The van der Waals surface area contributed by atoms with E-state index >= 15 is 0 Å². The lowest BCUT2D eigenvalue weighted by Gasteiger charge is -2.12. The molecule has 0 fully saturated rings. The molecule has 2 aliphatic rings. The third-order valence-electron chi connectivity index (χ3n) is 14.0. The summed E-state index contributed by atoms with van der Waals surface area (Å²) in [6.07, 6.45) is 0. The Hall–Kier alpha value is -10.1. The predicted molar refractivity (Wildman–Crippen MR) is 341 cm³/mol. The lowest BCUT2D eigenvalue weighted by Crippen LogP contribution is -2.35. The monoisotopic (exact) mass is 1100 g/mol. The van der Waals surface area contributed by atoms with Gasteiger partial charge in [-0.25, -0.2) is 24.8 Å². The second kappa shape index (κ2) is 25.0. The van der Waals surface area contributed by atoms with Crippen molar-refractivity contribution >= 4 is 17.5 Å². The van der Waals surface area contributed by atoms with Crippen molar-refractivity contribution in [2.45, 2.75) is 58.2 Å². The van der Waals surface area contributed by atoms with Crippen LogP contribution in [0.25, 0.3) is 94.4 Å². The minimum absolute atomic E-state index is 0.0486. The van der Waals surface area contributed by atoms with E-state index in [1.807, 2.05) is 84.9 Å². The van der Waals surface area contributed by atoms with E-state index in [9.17, 15) is 5.26 Å². The molecule has 0 radical (unpaired) electrons. The molecule has 10 heteroatoms. The summed E-state index contributed by atoms with van der Waals surface area (Å²) in [5.41, 5.74) is 23.6. The van der Waals surface area contributed by atoms with Crippen molar-refractivity contribution in [1.29, 1.82) is 5.26 Å². The zero-order valence-electron chi connectivity index (χ0n) is 48.1. The van der Waals surface area contributed by atoms with Crippen molar-refractivity contribution in [3.63, 3.8) is 0 Å². The van der Waals surface area contributed by atoms with E-state index in [0.29, 0.717) is 36.3 Å². The molecule has 2 aromatic heterocycles. The number of nitriles is 1. The Balaban J connectivity index is 0.000000175. The smallest absolute Gasteiger partial charge is 0.216 e. The Bertz CT molecular complexity index is 3940. The Morgan fingerprint density at radius 2 is 0.774 bits per heavy atom. The SMILES string of the molecule is CC(C)(N)CO.CC1(C)COC(c2cccc(-c3cc(-c4ccc(-c5ccccc5)cc4)cc(-c4cccc(C5=NC(C)(C)CO5)c4)n3)c2)=N1.[C-]#[N+]c1cccc(-c2cc(-c3ccc(-c4ccccc4)cc3)cc(-c3cccc(C#N)c3)n2)c1. The molecule has 0 saturated heterocycles. The minimum Gasteiger partial charge on any atom is -0.475 e. The predicted octanol–water partition coefficient (Wildman–Crippen LogP) is 16.7. The number of benzene rings is 8. The average molecular weight is 1100 g/mol. The normalized spacial score (nSPS) is 13.7. The van der Waals surface area contributed by atoms with E-state index in [1.165, 1.54) is 16.7 Å². The Kier molecular flexibility index (Phi) is 17.0. The van der Waals surface area contributed by atoms with Crippen molar-refractivity contribution in [3.05, 3.63) is 259 Å². The highest BCUT2D eigenvalue weighted by atomic mass is 16.5. The molecule has 12 rings (SSSR count). The summed E-state index contributed by atoms with van der Waals surface area (Å²) in [5, 5.41) is 17.6. The molecule has 0 atom stereocenters. The fourth-order valence-electron chi connectivity index (χ4n) is 9.53. The number of pyridine rings is 2. The molecule has 10 nitrogen and oxygen atoms in total. The van der Waals surface area contributed by atoms with E-state index in [-0.39, 0.29) is 17.7 Å². The van der Waals surface area contributed by atoms with Crippen molar-refractivity contribution in [2.75, 3.05) is 19.8 Å². The molecule has 0 amide bonds. The molecule has 4 heterocycles. The van der Waals surface area contributed by atoms with Crippen LogP contribution < -0.4 is 5.73 Å². The van der Waals surface area contributed by atoms with Crippen molar-refractivity contribution in [1.82, 2.24) is 9.97 Å². The van der Waals surface area contributed by atoms with Gasteiger partial charge in [0.05, 0.1) is 58.7 Å². The number of rotatable bonds is 11. The van der Waals surface area contributed by atoms with Crippen LogP contribution in [0.5, 0.6) is 0 Å². The third-order valence-corrected chi connectivity index (χ3v) is 14.0. The molecule has 0 spiro atoms. The van der Waals surface area contributed by atoms with Gasteiger partial charge in [0, 0.05) is 33.4 Å². The maximum atomic E-state index is 9.35. The van der Waals surface area contributed by atoms with Gasteiger partial charge in [0.15, 0.2) is 5.69 Å². The molecule has 414 valence electrons. The van der Waals surface area contributed by atoms with Crippen LogP contribution in [0.15, 0.2) is 241 Å². The molecule has 84 heavy (non-hydrogen) atoms. The van der Waals surface area contributed by atoms with Gasteiger partial charge in [0.1, 0.15) is 13.2 Å². The first-order valence-electron chi connectivity index (χ1n) is 27.9. The number of aromatic nitrogens is 2. The summed E-state index contributed by atoms with van der Waals surface area (Å²) in [4.78, 5) is 23.3. The standard InChI is InChI=1S/C39H35N3O2.C31H19N3.C4H11NO/c1-38(2)24-43-36(41-38)31-14-8-12-29(20-31)34-22-33(28-18-16-27(17-19-28)26-10-6-5-7-11-26)23-35(40-34)30-13-9-15-32(21-30)37-42-39(3,4)25-44-37;1-33-29-12-6-11-27(18-29)31-20-28(19-30(34-31)26-10-5-7-22(17-26)21-32)25-15-13-24(14-16-25)23-8-3-2-4-9-23;1-4(2,5)3-6/h5-23H,24-25H2,1-4H3;2-20H;6H,3,5H2,1-2H3. The summed E-state index contributed by atoms with van der Waals surface area (Å²) in [6, 6.07) is 80.2. The van der Waals surface area contributed by atoms with E-state index in [1.54, 1.807) is 26.0 Å². The fraction of sp³-hybridized carbons (Fsp3) is 0.162. The highest BCUT2D eigenvalue weighted by Crippen LogP contribution is 2.36. The molecule has 8 aromatic carbocycles. The van der Waals surface area contributed by atoms with Crippen LogP contribution in [-0.4, -0.2) is 63.3 Å². The number of nitrogens with zero attached hydrogens (tertiary/aromatic N) is 6. The van der Waals surface area contributed by atoms with Gasteiger partial charge >= 0.3 is 0 Å². The van der Waals surface area contributed by atoms with Gasteiger partial charge < -0.3 is 20.3 Å². The van der Waals surface area contributed by atoms with Crippen LogP contribution in [-0.2, 0) is 9.47 Å². The fourth-order valence-corrected chi connectivity index (χ4v) is 9.53. The second-order valence-corrected chi connectivity index (χ2v) is 22.8. The molecular formula is C74H65N7O3. The third kappa shape index (κ3) is 14.3. The summed E-state index contributed by atoms with van der Waals surface area (Å²) < 4.78 is 11.9. The van der Waals surface area contributed by atoms with E-state index in [4.69, 9.17) is 46.8 Å². The Morgan fingerprint density at radius 1 is 0.452 bits per heavy atom. The summed E-state index contributed by atoms with van der Waals surface area (Å²) in [5.74, 6) is 1.36. The van der Waals surface area contributed by atoms with Crippen molar-refractivity contribution in [2.24, 2.45) is 15.7 Å². The van der Waals surface area contributed by atoms with Crippen LogP contribution in [0.3, 0.4) is 0 Å². The van der Waals surface area contributed by atoms with E-state index in [0.717, 1.165) is 84.0 Å². The molecule has 10 aromatic rings. The first-order valence-corrected chi connectivity index (χ1v) is 27.9. The van der Waals surface area contributed by atoms with Crippen LogP contribution in [0, 0.1) is 17.9 Å². The first-order chi connectivity index (χ1) is 40.5. The molecule has 0 bridgehead atoms. The molecule has 0 saturated carbocycles. The number of hydrogen-bond donors (Lipinski definition) is 2. The largest absolute Gasteiger partial charge is 0.475 e. The van der Waals surface area contributed by atoms with Crippen molar-refractivity contribution in [3.8, 4) is 95.6 Å². The van der Waals surface area contributed by atoms with Crippen molar-refractivity contribution < 1.29 is 14.6 Å². The molecule has 2 aliphatic heterocycles. The lowest BCUT2D eigenvalue weighted by atomic mass is 9.97. The zero-order chi connectivity index (χ0) is 58.8. The number of aliphatic imine (C=N–C) groups is 2. The summed E-state index contributed by atoms with van der Waals surface area (Å²) >= 11 is 0. The van der Waals surface area contributed by atoms with Crippen LogP contribution in [0.2, 0.25) is 0 Å². The second-order valence-electron chi connectivity index (χ2n) is 22.8. The summed E-state index contributed by atoms with van der Waals surface area (Å²) in [6.45, 7) is 20.4. The highest BCUT2D eigenvalue weighted by molar-refractivity contribution is 5.98. The summed E-state index contributed by atoms with van der Waals surface area (Å²) in [7, 11) is 0. The molecule has 0 aliphatic carbocycles. The van der Waals surface area contributed by atoms with Gasteiger partial charge in [0.2, 0.25) is 11.8 Å². The minimum atomic E-state index is -0.403. The number of hydrogen-bond acceptors (Lipinski definition) is 9. The average Bonchev–Trinajstić information content (AvgIpc) is 4.26. The molecular weight excluding hydrogens is 1030 g/mol. The molecule has 0 unspecified atom stereocenters. The maximum absolute atomic E-state index is 9.35. The topological polar surface area (TPSA) is 143 Å². The maximum Gasteiger partial charge on any atom is 0.216 e. The highest BCUT2D eigenvalue weighted by Gasteiger charge is 2.28. The van der Waals surface area contributed by atoms with Crippen LogP contribution in [0.4, 0.5) is 5.69 Å². The van der Waals surface area contributed by atoms with Gasteiger partial charge in [-0.05, 0) is 158 Å².